The van der Waals surface area contributed by atoms with Crippen molar-refractivity contribution >= 4 is 0 Å². The largest absolute Gasteiger partial charge is 0.0654 e. The molecule has 0 saturated carbocycles. The molecule has 0 bridgehead atoms. The summed E-state index contributed by atoms with van der Waals surface area (Å²) in [4.78, 5) is 0. The molecule has 1 unspecified atom stereocenters. The lowest BCUT2D eigenvalue weighted by Crippen LogP contribution is -1.97. The Morgan fingerprint density at radius 2 is 1.47 bits per heavy atom. The summed E-state index contributed by atoms with van der Waals surface area (Å²) in [5.41, 5.74) is 3.00. The van der Waals surface area contributed by atoms with E-state index in [1.165, 1.54) is 56.1 Å². The minimum absolute atomic E-state index is 0.717. The van der Waals surface area contributed by atoms with Crippen LogP contribution in [-0.4, -0.2) is 0 Å². The molecular weight excluding hydrogens is 228 g/mol. The van der Waals surface area contributed by atoms with Crippen LogP contribution in [0.15, 0.2) is 24.3 Å². The molecule has 0 amide bonds. The molecule has 0 nitrogen and oxygen atoms in total. The molecule has 0 radical (unpaired) electrons. The molecule has 0 N–H and O–H groups in total. The van der Waals surface area contributed by atoms with Gasteiger partial charge >= 0.3 is 0 Å². The summed E-state index contributed by atoms with van der Waals surface area (Å²) in [5.74, 6) is 1.47. The molecule has 1 rings (SSSR count). The van der Waals surface area contributed by atoms with Crippen LogP contribution in [0.3, 0.4) is 0 Å². The third-order valence-corrected chi connectivity index (χ3v) is 3.93. The topological polar surface area (TPSA) is 0 Å². The van der Waals surface area contributed by atoms with Gasteiger partial charge in [0.05, 0.1) is 0 Å². The smallest absolute Gasteiger partial charge is 0.0190 e. The summed E-state index contributed by atoms with van der Waals surface area (Å²) in [7, 11) is 0. The maximum Gasteiger partial charge on any atom is -0.0190 e. The Kier molecular flexibility index (Phi) is 7.86. The van der Waals surface area contributed by atoms with E-state index in [1.54, 1.807) is 0 Å². The first-order chi connectivity index (χ1) is 9.13. The molecule has 1 aromatic carbocycles. The molecule has 0 spiro atoms. The van der Waals surface area contributed by atoms with Crippen molar-refractivity contribution < 1.29 is 0 Å². The highest BCUT2D eigenvalue weighted by atomic mass is 14.1. The third kappa shape index (κ3) is 6.80. The van der Waals surface area contributed by atoms with Crippen molar-refractivity contribution in [2.75, 3.05) is 0 Å². The molecule has 0 aliphatic rings. The Morgan fingerprint density at radius 1 is 0.842 bits per heavy atom. The van der Waals surface area contributed by atoms with Crippen molar-refractivity contribution in [3.8, 4) is 0 Å². The molecule has 0 aliphatic carbocycles. The quantitative estimate of drug-likeness (QED) is 0.454. The van der Waals surface area contributed by atoms with Crippen molar-refractivity contribution in [1.29, 1.82) is 0 Å². The molecule has 0 aliphatic heterocycles. The van der Waals surface area contributed by atoms with E-state index < -0.39 is 0 Å². The predicted molar refractivity (Wildman–Crippen MR) is 86.8 cm³/mol. The molecule has 0 heteroatoms. The predicted octanol–water partition coefficient (Wildman–Crippen LogP) is 6.35. The maximum atomic E-state index is 2.37. The SMILES string of the molecule is CCCCCCCC(C)c1ccc(CC(C)C)cc1. The fourth-order valence-electron chi connectivity index (χ4n) is 2.67. The standard InChI is InChI=1S/C19H32/c1-5-6-7-8-9-10-17(4)19-13-11-18(12-14-19)15-16(2)3/h11-14,16-17H,5-10,15H2,1-4H3. The molecular formula is C19H32. The first-order valence-electron chi connectivity index (χ1n) is 8.22. The van der Waals surface area contributed by atoms with Crippen LogP contribution in [-0.2, 0) is 6.42 Å². The third-order valence-electron chi connectivity index (χ3n) is 3.93. The normalized spacial score (nSPS) is 12.9. The molecule has 0 saturated heterocycles. The monoisotopic (exact) mass is 260 g/mol. The van der Waals surface area contributed by atoms with Gasteiger partial charge in [-0.25, -0.2) is 0 Å². The molecule has 0 aromatic heterocycles. The Balaban J connectivity index is 2.33. The Labute approximate surface area is 120 Å². The first-order valence-corrected chi connectivity index (χ1v) is 8.22. The van der Waals surface area contributed by atoms with Gasteiger partial charge in [-0.05, 0) is 35.8 Å². The lowest BCUT2D eigenvalue weighted by molar-refractivity contribution is 0.566. The second-order valence-corrected chi connectivity index (χ2v) is 6.44. The number of rotatable bonds is 9. The second kappa shape index (κ2) is 9.18. The van der Waals surface area contributed by atoms with Crippen LogP contribution in [0.4, 0.5) is 0 Å². The maximum absolute atomic E-state index is 2.37. The van der Waals surface area contributed by atoms with Crippen LogP contribution in [0, 0.1) is 5.92 Å². The fraction of sp³-hybridized carbons (Fsp3) is 0.684. The highest BCUT2D eigenvalue weighted by molar-refractivity contribution is 5.25. The van der Waals surface area contributed by atoms with E-state index in [9.17, 15) is 0 Å². The van der Waals surface area contributed by atoms with Gasteiger partial charge in [0.25, 0.3) is 0 Å². The van der Waals surface area contributed by atoms with Crippen molar-refractivity contribution in [3.05, 3.63) is 35.4 Å². The van der Waals surface area contributed by atoms with Gasteiger partial charge in [0.1, 0.15) is 0 Å². The molecule has 1 atom stereocenters. The average Bonchev–Trinajstić information content (AvgIpc) is 2.38. The molecule has 108 valence electrons. The van der Waals surface area contributed by atoms with E-state index in [0.29, 0.717) is 0 Å². The number of hydrogen-bond acceptors (Lipinski definition) is 0. The zero-order valence-electron chi connectivity index (χ0n) is 13.4. The fourth-order valence-corrected chi connectivity index (χ4v) is 2.67. The van der Waals surface area contributed by atoms with E-state index >= 15 is 0 Å². The summed E-state index contributed by atoms with van der Waals surface area (Å²) >= 11 is 0. The van der Waals surface area contributed by atoms with Crippen molar-refractivity contribution in [3.63, 3.8) is 0 Å². The van der Waals surface area contributed by atoms with Gasteiger partial charge in [0.15, 0.2) is 0 Å². The van der Waals surface area contributed by atoms with E-state index in [2.05, 4.69) is 52.0 Å². The summed E-state index contributed by atoms with van der Waals surface area (Å²) in [6, 6.07) is 9.33. The number of benzene rings is 1. The van der Waals surface area contributed by atoms with Gasteiger partial charge in [0.2, 0.25) is 0 Å². The van der Waals surface area contributed by atoms with Crippen molar-refractivity contribution in [2.45, 2.75) is 78.6 Å². The summed E-state index contributed by atoms with van der Waals surface area (Å²) in [5, 5.41) is 0. The molecule has 19 heavy (non-hydrogen) atoms. The Bertz CT molecular complexity index is 320. The van der Waals surface area contributed by atoms with Gasteiger partial charge < -0.3 is 0 Å². The van der Waals surface area contributed by atoms with Crippen LogP contribution in [0.2, 0.25) is 0 Å². The average molecular weight is 260 g/mol. The summed E-state index contributed by atoms with van der Waals surface area (Å²) < 4.78 is 0. The minimum Gasteiger partial charge on any atom is -0.0654 e. The first kappa shape index (κ1) is 16.3. The van der Waals surface area contributed by atoms with Gasteiger partial charge in [-0.2, -0.15) is 0 Å². The lowest BCUT2D eigenvalue weighted by atomic mass is 9.93. The van der Waals surface area contributed by atoms with Crippen molar-refractivity contribution in [2.24, 2.45) is 5.92 Å². The summed E-state index contributed by atoms with van der Waals surface area (Å²) in [6.07, 6.45) is 9.49. The Hall–Kier alpha value is -0.780. The molecule has 1 aromatic rings. The van der Waals surface area contributed by atoms with Crippen LogP contribution in [0.1, 0.15) is 83.3 Å². The number of hydrogen-bond donors (Lipinski definition) is 0. The lowest BCUT2D eigenvalue weighted by Gasteiger charge is -2.13. The van der Waals surface area contributed by atoms with Crippen molar-refractivity contribution in [1.82, 2.24) is 0 Å². The van der Waals surface area contributed by atoms with Gasteiger partial charge in [-0.15, -0.1) is 0 Å². The molecule has 0 fully saturated rings. The van der Waals surface area contributed by atoms with Gasteiger partial charge in [-0.1, -0.05) is 84.1 Å². The van der Waals surface area contributed by atoms with Crippen LogP contribution in [0.5, 0.6) is 0 Å². The highest BCUT2D eigenvalue weighted by Crippen LogP contribution is 2.23. The molecule has 0 heterocycles. The zero-order valence-corrected chi connectivity index (χ0v) is 13.4. The van der Waals surface area contributed by atoms with E-state index in [4.69, 9.17) is 0 Å². The minimum atomic E-state index is 0.717. The van der Waals surface area contributed by atoms with E-state index in [-0.39, 0.29) is 0 Å². The zero-order chi connectivity index (χ0) is 14.1. The van der Waals surface area contributed by atoms with Crippen LogP contribution in [0.25, 0.3) is 0 Å². The second-order valence-electron chi connectivity index (χ2n) is 6.44. The van der Waals surface area contributed by atoms with Gasteiger partial charge in [0, 0.05) is 0 Å². The van der Waals surface area contributed by atoms with E-state index in [0.717, 1.165) is 11.8 Å². The highest BCUT2D eigenvalue weighted by Gasteiger charge is 2.05. The van der Waals surface area contributed by atoms with Crippen LogP contribution < -0.4 is 0 Å². The summed E-state index contributed by atoms with van der Waals surface area (Å²) in [6.45, 7) is 9.22. The Morgan fingerprint density at radius 3 is 2.05 bits per heavy atom. The van der Waals surface area contributed by atoms with E-state index in [1.807, 2.05) is 0 Å². The van der Waals surface area contributed by atoms with Crippen LogP contribution >= 0.6 is 0 Å². The van der Waals surface area contributed by atoms with Gasteiger partial charge in [-0.3, -0.25) is 0 Å². The number of unbranched alkanes of at least 4 members (excludes halogenated alkanes) is 4.